The van der Waals surface area contributed by atoms with E-state index in [0.29, 0.717) is 0 Å². The molecule has 0 saturated heterocycles. The molecule has 0 amide bonds. The third kappa shape index (κ3) is 2.78. The zero-order valence-electron chi connectivity index (χ0n) is 9.10. The fourth-order valence-corrected chi connectivity index (χ4v) is 1.12. The molecule has 0 spiro atoms. The lowest BCUT2D eigenvalue weighted by Gasteiger charge is -2.11. The molecule has 88 valence electrons. The Morgan fingerprint density at radius 2 is 1.88 bits per heavy atom. The van der Waals surface area contributed by atoms with E-state index in [1.807, 2.05) is 0 Å². The van der Waals surface area contributed by atoms with Gasteiger partial charge in [-0.3, -0.25) is 14.7 Å². The number of ether oxygens (including phenoxy) is 2. The van der Waals surface area contributed by atoms with Crippen LogP contribution in [-0.2, 0) is 19.1 Å². The molecule has 1 heterocycles. The molecule has 0 aromatic carbocycles. The molecule has 0 aliphatic carbocycles. The van der Waals surface area contributed by atoms with Crippen molar-refractivity contribution in [3.8, 4) is 0 Å². The summed E-state index contributed by atoms with van der Waals surface area (Å²) in [5, 5.41) is 6.03. The number of carbonyl (C=O) groups excluding carboxylic acids is 2. The van der Waals surface area contributed by atoms with Crippen molar-refractivity contribution >= 4 is 11.9 Å². The average molecular weight is 227 g/mol. The molecule has 0 fully saturated rings. The van der Waals surface area contributed by atoms with Crippen LogP contribution in [0.1, 0.15) is 25.6 Å². The maximum absolute atomic E-state index is 11.5. The standard InChI is InChI=1S/C9H13N3O4/c1-3-15-8(13)6(9(14)16-4-2)7-10-5-11-12-7/h5-6H,3-4H2,1-2H3,(H,10,11,12). The number of aromatic amines is 1. The predicted molar refractivity (Wildman–Crippen MR) is 52.4 cm³/mol. The quantitative estimate of drug-likeness (QED) is 0.562. The molecule has 1 aromatic rings. The van der Waals surface area contributed by atoms with E-state index < -0.39 is 17.9 Å². The number of hydrogen-bond donors (Lipinski definition) is 1. The normalized spacial score (nSPS) is 10.2. The van der Waals surface area contributed by atoms with Crippen molar-refractivity contribution in [3.63, 3.8) is 0 Å². The number of H-pyrrole nitrogens is 1. The highest BCUT2D eigenvalue weighted by molar-refractivity contribution is 5.99. The zero-order chi connectivity index (χ0) is 12.0. The van der Waals surface area contributed by atoms with E-state index in [9.17, 15) is 9.59 Å². The van der Waals surface area contributed by atoms with Gasteiger partial charge < -0.3 is 9.47 Å². The summed E-state index contributed by atoms with van der Waals surface area (Å²) in [5.41, 5.74) is 0. The van der Waals surface area contributed by atoms with E-state index in [1.54, 1.807) is 13.8 Å². The summed E-state index contributed by atoms with van der Waals surface area (Å²) >= 11 is 0. The number of aromatic nitrogens is 3. The zero-order valence-corrected chi connectivity index (χ0v) is 9.10. The second kappa shape index (κ2) is 5.84. The Balaban J connectivity index is 2.85. The molecule has 0 saturated carbocycles. The van der Waals surface area contributed by atoms with E-state index in [-0.39, 0.29) is 19.0 Å². The number of rotatable bonds is 5. The van der Waals surface area contributed by atoms with Crippen LogP contribution in [0.5, 0.6) is 0 Å². The monoisotopic (exact) mass is 227 g/mol. The van der Waals surface area contributed by atoms with Crippen LogP contribution in [0, 0.1) is 0 Å². The smallest absolute Gasteiger partial charge is 0.328 e. The molecule has 0 atom stereocenters. The second-order valence-electron chi connectivity index (χ2n) is 2.81. The van der Waals surface area contributed by atoms with E-state index in [4.69, 9.17) is 9.47 Å². The minimum atomic E-state index is -1.19. The highest BCUT2D eigenvalue weighted by Crippen LogP contribution is 2.14. The van der Waals surface area contributed by atoms with Crippen LogP contribution in [0.15, 0.2) is 6.33 Å². The number of esters is 2. The Labute approximate surface area is 92.2 Å². The van der Waals surface area contributed by atoms with E-state index in [0.717, 1.165) is 0 Å². The molecule has 0 aliphatic heterocycles. The van der Waals surface area contributed by atoms with Crippen molar-refractivity contribution in [2.24, 2.45) is 0 Å². The van der Waals surface area contributed by atoms with Crippen LogP contribution in [0.2, 0.25) is 0 Å². The molecule has 7 nitrogen and oxygen atoms in total. The lowest BCUT2D eigenvalue weighted by molar-refractivity contribution is -0.157. The Bertz CT molecular complexity index is 332. The van der Waals surface area contributed by atoms with Gasteiger partial charge in [-0.2, -0.15) is 5.10 Å². The van der Waals surface area contributed by atoms with Gasteiger partial charge >= 0.3 is 11.9 Å². The Morgan fingerprint density at radius 1 is 1.31 bits per heavy atom. The van der Waals surface area contributed by atoms with Crippen LogP contribution in [0.4, 0.5) is 0 Å². The summed E-state index contributed by atoms with van der Waals surface area (Å²) in [6, 6.07) is 0. The summed E-state index contributed by atoms with van der Waals surface area (Å²) < 4.78 is 9.54. The molecule has 0 aliphatic rings. The summed E-state index contributed by atoms with van der Waals surface area (Å²) in [5.74, 6) is -2.46. The maximum Gasteiger partial charge on any atom is 0.328 e. The highest BCUT2D eigenvalue weighted by Gasteiger charge is 2.33. The van der Waals surface area contributed by atoms with Crippen molar-refractivity contribution in [3.05, 3.63) is 12.2 Å². The minimum Gasteiger partial charge on any atom is -0.465 e. The molecular formula is C9H13N3O4. The number of nitrogens with zero attached hydrogens (tertiary/aromatic N) is 2. The van der Waals surface area contributed by atoms with Gasteiger partial charge in [0.1, 0.15) is 12.2 Å². The summed E-state index contributed by atoms with van der Waals surface area (Å²) in [4.78, 5) is 26.8. The number of hydrogen-bond acceptors (Lipinski definition) is 6. The van der Waals surface area contributed by atoms with Crippen molar-refractivity contribution in [2.45, 2.75) is 19.8 Å². The largest absolute Gasteiger partial charge is 0.465 e. The first kappa shape index (κ1) is 12.2. The van der Waals surface area contributed by atoms with Crippen LogP contribution >= 0.6 is 0 Å². The first-order valence-electron chi connectivity index (χ1n) is 4.89. The number of carbonyl (C=O) groups is 2. The SMILES string of the molecule is CCOC(=O)C(C(=O)OCC)c1ncn[nH]1. The lowest BCUT2D eigenvalue weighted by Crippen LogP contribution is -2.27. The third-order valence-corrected chi connectivity index (χ3v) is 1.75. The molecule has 1 aromatic heterocycles. The lowest BCUT2D eigenvalue weighted by atomic mass is 10.1. The van der Waals surface area contributed by atoms with Gasteiger partial charge in [0.15, 0.2) is 0 Å². The maximum atomic E-state index is 11.5. The van der Waals surface area contributed by atoms with Crippen molar-refractivity contribution in [2.75, 3.05) is 13.2 Å². The van der Waals surface area contributed by atoms with Gasteiger partial charge in [-0.05, 0) is 13.8 Å². The molecular weight excluding hydrogens is 214 g/mol. The number of nitrogens with one attached hydrogen (secondary N) is 1. The van der Waals surface area contributed by atoms with Gasteiger partial charge in [0.2, 0.25) is 5.92 Å². The first-order chi connectivity index (χ1) is 7.70. The molecule has 1 rings (SSSR count). The minimum absolute atomic E-state index is 0.122. The van der Waals surface area contributed by atoms with Crippen LogP contribution in [-0.4, -0.2) is 40.3 Å². The van der Waals surface area contributed by atoms with Crippen molar-refractivity contribution in [1.82, 2.24) is 15.2 Å². The summed E-state index contributed by atoms with van der Waals surface area (Å²) in [6.45, 7) is 3.67. The van der Waals surface area contributed by atoms with Crippen LogP contribution in [0.25, 0.3) is 0 Å². The Kier molecular flexibility index (Phi) is 4.43. The molecule has 0 radical (unpaired) electrons. The van der Waals surface area contributed by atoms with Crippen LogP contribution < -0.4 is 0 Å². The molecule has 0 unspecified atom stereocenters. The topological polar surface area (TPSA) is 94.2 Å². The second-order valence-corrected chi connectivity index (χ2v) is 2.81. The first-order valence-corrected chi connectivity index (χ1v) is 4.89. The van der Waals surface area contributed by atoms with Gasteiger partial charge in [0.05, 0.1) is 13.2 Å². The van der Waals surface area contributed by atoms with Gasteiger partial charge in [0.25, 0.3) is 0 Å². The highest BCUT2D eigenvalue weighted by atomic mass is 16.6. The molecule has 7 heteroatoms. The van der Waals surface area contributed by atoms with Crippen molar-refractivity contribution in [1.29, 1.82) is 0 Å². The fourth-order valence-electron chi connectivity index (χ4n) is 1.12. The summed E-state index contributed by atoms with van der Waals surface area (Å²) in [7, 11) is 0. The molecule has 0 bridgehead atoms. The molecule has 16 heavy (non-hydrogen) atoms. The van der Waals surface area contributed by atoms with E-state index in [1.165, 1.54) is 6.33 Å². The van der Waals surface area contributed by atoms with E-state index in [2.05, 4.69) is 15.2 Å². The van der Waals surface area contributed by atoms with Crippen LogP contribution in [0.3, 0.4) is 0 Å². The average Bonchev–Trinajstić information content (AvgIpc) is 2.72. The molecule has 1 N–H and O–H groups in total. The fraction of sp³-hybridized carbons (Fsp3) is 0.556. The summed E-state index contributed by atoms with van der Waals surface area (Å²) in [6.07, 6.45) is 1.21. The Hall–Kier alpha value is -1.92. The third-order valence-electron chi connectivity index (χ3n) is 1.75. The van der Waals surface area contributed by atoms with Gasteiger partial charge in [0, 0.05) is 0 Å². The van der Waals surface area contributed by atoms with Gasteiger partial charge in [-0.1, -0.05) is 0 Å². The van der Waals surface area contributed by atoms with E-state index >= 15 is 0 Å². The Morgan fingerprint density at radius 3 is 2.25 bits per heavy atom. The van der Waals surface area contributed by atoms with Gasteiger partial charge in [-0.15, -0.1) is 0 Å². The van der Waals surface area contributed by atoms with Gasteiger partial charge in [-0.25, -0.2) is 4.98 Å². The van der Waals surface area contributed by atoms with Crippen molar-refractivity contribution < 1.29 is 19.1 Å². The predicted octanol–water partition coefficient (Wildman–Crippen LogP) is 0.0145.